The Bertz CT molecular complexity index is 1350. The average molecular weight is 426 g/mol. The number of phenolic OH excluding ortho intramolecular Hbond substituents is 1. The zero-order valence-corrected chi connectivity index (χ0v) is 17.9. The number of aromatic hydroxyl groups is 1. The van der Waals surface area contributed by atoms with E-state index in [0.717, 1.165) is 51.0 Å². The maximum atomic E-state index is 13.3. The van der Waals surface area contributed by atoms with E-state index in [0.29, 0.717) is 17.7 Å². The number of benzene rings is 2. The molecule has 1 aliphatic rings. The van der Waals surface area contributed by atoms with Crippen molar-refractivity contribution in [1.82, 2.24) is 10.1 Å². The van der Waals surface area contributed by atoms with Gasteiger partial charge in [-0.3, -0.25) is 0 Å². The van der Waals surface area contributed by atoms with Crippen LogP contribution in [0.5, 0.6) is 5.75 Å². The normalized spacial score (nSPS) is 14.1. The maximum absolute atomic E-state index is 13.3. The van der Waals surface area contributed by atoms with E-state index in [1.54, 1.807) is 12.1 Å². The van der Waals surface area contributed by atoms with Gasteiger partial charge in [0, 0.05) is 5.39 Å². The molecule has 0 radical (unpaired) electrons. The summed E-state index contributed by atoms with van der Waals surface area (Å²) in [6.45, 7) is 3.75. The molecule has 4 aromatic rings. The van der Waals surface area contributed by atoms with Crippen molar-refractivity contribution in [3.63, 3.8) is 0 Å². The fraction of sp³-hybridized carbons (Fsp3) is 0.192. The van der Waals surface area contributed by atoms with Crippen LogP contribution in [0.4, 0.5) is 0 Å². The van der Waals surface area contributed by atoms with Crippen molar-refractivity contribution in [2.24, 2.45) is 0 Å². The number of esters is 1. The lowest BCUT2D eigenvalue weighted by molar-refractivity contribution is 0.0472. The van der Waals surface area contributed by atoms with Gasteiger partial charge >= 0.3 is 5.97 Å². The molecule has 0 saturated carbocycles. The first kappa shape index (κ1) is 20.0. The van der Waals surface area contributed by atoms with Gasteiger partial charge in [-0.25, -0.2) is 9.78 Å². The quantitative estimate of drug-likeness (QED) is 0.441. The second-order valence-corrected chi connectivity index (χ2v) is 7.97. The van der Waals surface area contributed by atoms with E-state index in [1.165, 1.54) is 0 Å². The average Bonchev–Trinajstić information content (AvgIpc) is 3.34. The van der Waals surface area contributed by atoms with Crippen LogP contribution in [0.2, 0.25) is 0 Å². The molecule has 0 atom stereocenters. The van der Waals surface area contributed by atoms with Gasteiger partial charge in [-0.2, -0.15) is 0 Å². The van der Waals surface area contributed by atoms with Crippen molar-refractivity contribution in [2.45, 2.75) is 33.3 Å². The Morgan fingerprint density at radius 2 is 1.91 bits per heavy atom. The smallest absolute Gasteiger partial charge is 0.339 e. The first-order valence-corrected chi connectivity index (χ1v) is 10.5. The van der Waals surface area contributed by atoms with Crippen molar-refractivity contribution in [3.05, 3.63) is 87.9 Å². The summed E-state index contributed by atoms with van der Waals surface area (Å²) in [7, 11) is 0. The Morgan fingerprint density at radius 1 is 1.12 bits per heavy atom. The summed E-state index contributed by atoms with van der Waals surface area (Å²) in [5.74, 6) is 0.511. The fourth-order valence-electron chi connectivity index (χ4n) is 4.20. The van der Waals surface area contributed by atoms with Gasteiger partial charge in [-0.15, -0.1) is 0 Å². The molecule has 2 aromatic heterocycles. The molecule has 0 amide bonds. The Kier molecular flexibility index (Phi) is 4.98. The lowest BCUT2D eigenvalue weighted by Crippen LogP contribution is -2.11. The summed E-state index contributed by atoms with van der Waals surface area (Å²) >= 11 is 0. The molecule has 0 saturated heterocycles. The van der Waals surface area contributed by atoms with Crippen molar-refractivity contribution < 1.29 is 19.2 Å². The van der Waals surface area contributed by atoms with Gasteiger partial charge < -0.3 is 14.4 Å². The number of aryl methyl sites for hydroxylation is 2. The van der Waals surface area contributed by atoms with Crippen molar-refractivity contribution in [3.8, 4) is 5.75 Å². The number of carbonyl (C=O) groups excluding carboxylic acids is 1. The summed E-state index contributed by atoms with van der Waals surface area (Å²) in [6.07, 6.45) is 3.56. The predicted octanol–water partition coefficient (Wildman–Crippen LogP) is 5.39. The first-order valence-electron chi connectivity index (χ1n) is 10.5. The molecular formula is C26H22N2O4. The third kappa shape index (κ3) is 3.54. The molecule has 0 spiro atoms. The van der Waals surface area contributed by atoms with Crippen molar-refractivity contribution in [2.75, 3.05) is 0 Å². The Hall–Kier alpha value is -3.93. The lowest BCUT2D eigenvalue weighted by atomic mass is 10.0. The number of allylic oxidation sites excluding steroid dienone is 1. The van der Waals surface area contributed by atoms with Gasteiger partial charge in [0.1, 0.15) is 18.1 Å². The lowest BCUT2D eigenvalue weighted by Gasteiger charge is -2.12. The number of rotatable bonds is 4. The summed E-state index contributed by atoms with van der Waals surface area (Å²) in [5, 5.41) is 14.3. The van der Waals surface area contributed by atoms with Crippen LogP contribution in [0.15, 0.2) is 53.1 Å². The maximum Gasteiger partial charge on any atom is 0.339 e. The topological polar surface area (TPSA) is 85.5 Å². The molecular weight excluding hydrogens is 404 g/mol. The fourth-order valence-corrected chi connectivity index (χ4v) is 4.20. The largest absolute Gasteiger partial charge is 0.508 e. The van der Waals surface area contributed by atoms with Crippen molar-refractivity contribution >= 4 is 28.5 Å². The molecule has 1 aliphatic carbocycles. The van der Waals surface area contributed by atoms with E-state index in [-0.39, 0.29) is 18.3 Å². The van der Waals surface area contributed by atoms with E-state index < -0.39 is 0 Å². The third-order valence-electron chi connectivity index (χ3n) is 5.91. The monoisotopic (exact) mass is 426 g/mol. The first-order chi connectivity index (χ1) is 15.5. The van der Waals surface area contributed by atoms with Crippen LogP contribution in [0, 0.1) is 13.8 Å². The zero-order chi connectivity index (χ0) is 22.2. The number of fused-ring (bicyclic) bond motifs is 2. The van der Waals surface area contributed by atoms with Gasteiger partial charge in [0.25, 0.3) is 0 Å². The molecule has 1 N–H and O–H groups in total. The number of hydrogen-bond acceptors (Lipinski definition) is 6. The van der Waals surface area contributed by atoms with Crippen LogP contribution >= 0.6 is 0 Å². The molecule has 0 bridgehead atoms. The van der Waals surface area contributed by atoms with E-state index >= 15 is 0 Å². The van der Waals surface area contributed by atoms with Crippen molar-refractivity contribution in [1.29, 1.82) is 0 Å². The van der Waals surface area contributed by atoms with Gasteiger partial charge in [-0.05, 0) is 67.7 Å². The Labute approximate surface area is 185 Å². The number of pyridine rings is 1. The number of carbonyl (C=O) groups is 1. The number of ether oxygens (including phenoxy) is 1. The minimum absolute atomic E-state index is 0.113. The Morgan fingerprint density at radius 3 is 2.66 bits per heavy atom. The molecule has 6 heteroatoms. The SMILES string of the molecule is Cc1noc(C)c1COC(=O)c1c2c(nc3ccccc13)/C(=C/c1ccc(O)cc1)CC2. The highest BCUT2D eigenvalue weighted by Gasteiger charge is 2.28. The summed E-state index contributed by atoms with van der Waals surface area (Å²) in [6, 6.07) is 14.7. The molecule has 0 aliphatic heterocycles. The Balaban J connectivity index is 1.56. The molecule has 0 fully saturated rings. The third-order valence-corrected chi connectivity index (χ3v) is 5.91. The molecule has 5 rings (SSSR count). The summed E-state index contributed by atoms with van der Waals surface area (Å²) in [5.41, 5.74) is 6.64. The second kappa shape index (κ2) is 7.96. The molecule has 160 valence electrons. The van der Waals surface area contributed by atoms with E-state index in [9.17, 15) is 9.90 Å². The van der Waals surface area contributed by atoms with Gasteiger partial charge in [0.05, 0.1) is 28.0 Å². The number of para-hydroxylation sites is 1. The molecule has 2 aromatic carbocycles. The van der Waals surface area contributed by atoms with Gasteiger partial charge in [-0.1, -0.05) is 35.5 Å². The van der Waals surface area contributed by atoms with Gasteiger partial charge in [0.15, 0.2) is 0 Å². The van der Waals surface area contributed by atoms with E-state index in [4.69, 9.17) is 14.2 Å². The molecule has 6 nitrogen and oxygen atoms in total. The highest BCUT2D eigenvalue weighted by atomic mass is 16.5. The number of nitrogens with zero attached hydrogens (tertiary/aromatic N) is 2. The van der Waals surface area contributed by atoms with Gasteiger partial charge in [0.2, 0.25) is 0 Å². The number of phenols is 1. The van der Waals surface area contributed by atoms with Crippen LogP contribution in [0.3, 0.4) is 0 Å². The minimum atomic E-state index is -0.370. The number of aromatic nitrogens is 2. The molecule has 32 heavy (non-hydrogen) atoms. The summed E-state index contributed by atoms with van der Waals surface area (Å²) < 4.78 is 10.9. The highest BCUT2D eigenvalue weighted by Crippen LogP contribution is 2.38. The minimum Gasteiger partial charge on any atom is -0.508 e. The van der Waals surface area contributed by atoms with Crippen LogP contribution in [-0.4, -0.2) is 21.2 Å². The number of hydrogen-bond donors (Lipinski definition) is 1. The van der Waals surface area contributed by atoms with Crippen LogP contribution in [0.25, 0.3) is 22.6 Å². The standard InChI is InChI=1S/C26H22N2O4/c1-15-22(16(2)32-28-15)14-31-26(30)24-20-5-3-4-6-23(20)27-25-18(9-12-21(24)25)13-17-7-10-19(29)11-8-17/h3-8,10-11,13,29H,9,12,14H2,1-2H3/b18-13+. The van der Waals surface area contributed by atoms with Crippen LogP contribution in [-0.2, 0) is 17.8 Å². The van der Waals surface area contributed by atoms with E-state index in [1.807, 2.05) is 50.2 Å². The van der Waals surface area contributed by atoms with Crippen LogP contribution in [0.1, 0.15) is 50.6 Å². The predicted molar refractivity (Wildman–Crippen MR) is 121 cm³/mol. The van der Waals surface area contributed by atoms with Crippen LogP contribution < -0.4 is 0 Å². The molecule has 0 unspecified atom stereocenters. The van der Waals surface area contributed by atoms with E-state index in [2.05, 4.69) is 11.2 Å². The second-order valence-electron chi connectivity index (χ2n) is 7.97. The summed E-state index contributed by atoms with van der Waals surface area (Å²) in [4.78, 5) is 18.2. The zero-order valence-electron chi connectivity index (χ0n) is 17.9. The highest BCUT2D eigenvalue weighted by molar-refractivity contribution is 6.07. The molecule has 2 heterocycles.